The first-order valence-electron chi connectivity index (χ1n) is 9.00. The minimum Gasteiger partial charge on any atom is -0.366 e. The van der Waals surface area contributed by atoms with Gasteiger partial charge in [0, 0.05) is 45.5 Å². The molecule has 1 aromatic carbocycles. The summed E-state index contributed by atoms with van der Waals surface area (Å²) in [6.45, 7) is 7.91. The number of rotatable bonds is 5. The second-order valence-corrected chi connectivity index (χ2v) is 6.14. The maximum absolute atomic E-state index is 14.0. The smallest absolute Gasteiger partial charge is 0.272 e. The molecule has 0 N–H and O–H groups in total. The van der Waals surface area contributed by atoms with Crippen LogP contribution in [0.5, 0.6) is 0 Å². The van der Waals surface area contributed by atoms with Gasteiger partial charge in [-0.15, -0.1) is 0 Å². The largest absolute Gasteiger partial charge is 0.366 e. The molecule has 1 aliphatic heterocycles. The molecule has 1 aromatic heterocycles. The quantitative estimate of drug-likeness (QED) is 0.823. The van der Waals surface area contributed by atoms with Crippen molar-refractivity contribution >= 4 is 17.5 Å². The molecule has 0 radical (unpaired) electrons. The zero-order valence-electron chi connectivity index (χ0n) is 15.2. The van der Waals surface area contributed by atoms with Crippen LogP contribution < -0.4 is 9.80 Å². The van der Waals surface area contributed by atoms with E-state index in [1.165, 1.54) is 6.07 Å². The van der Waals surface area contributed by atoms with Crippen molar-refractivity contribution < 1.29 is 9.18 Å². The number of hydrogen-bond acceptors (Lipinski definition) is 5. The minimum absolute atomic E-state index is 0.0800. The monoisotopic (exact) mass is 357 g/mol. The highest BCUT2D eigenvalue weighted by molar-refractivity contribution is 5.92. The molecule has 6 nitrogen and oxygen atoms in total. The molecule has 1 saturated heterocycles. The highest BCUT2D eigenvalue weighted by atomic mass is 19.1. The minimum atomic E-state index is -0.205. The maximum atomic E-state index is 14.0. The molecule has 0 saturated carbocycles. The van der Waals surface area contributed by atoms with Gasteiger partial charge < -0.3 is 14.7 Å². The molecular weight excluding hydrogens is 333 g/mol. The molecule has 3 rings (SSSR count). The van der Waals surface area contributed by atoms with Gasteiger partial charge >= 0.3 is 0 Å². The first kappa shape index (κ1) is 18.1. The third-order valence-electron chi connectivity index (χ3n) is 4.67. The van der Waals surface area contributed by atoms with E-state index in [2.05, 4.69) is 9.97 Å². The number of piperazine rings is 1. The highest BCUT2D eigenvalue weighted by Gasteiger charge is 2.22. The van der Waals surface area contributed by atoms with Crippen LogP contribution >= 0.6 is 0 Å². The average molecular weight is 357 g/mol. The van der Waals surface area contributed by atoms with Crippen LogP contribution in [0.1, 0.15) is 24.3 Å². The standard InChI is InChI=1S/C19H24FN5O/c1-3-23(4-2)18(26)16-9-10-21-19(22-16)25-13-11-24(12-14-25)17-8-6-5-7-15(17)20/h5-10H,3-4,11-14H2,1-2H3. The van der Waals surface area contributed by atoms with Crippen LogP contribution in [0.2, 0.25) is 0 Å². The van der Waals surface area contributed by atoms with Gasteiger partial charge in [-0.1, -0.05) is 12.1 Å². The van der Waals surface area contributed by atoms with E-state index in [4.69, 9.17) is 0 Å². The Kier molecular flexibility index (Phi) is 5.65. The summed E-state index contributed by atoms with van der Waals surface area (Å²) >= 11 is 0. The summed E-state index contributed by atoms with van der Waals surface area (Å²) in [6.07, 6.45) is 1.63. The Balaban J connectivity index is 1.69. The van der Waals surface area contributed by atoms with Crippen molar-refractivity contribution in [1.29, 1.82) is 0 Å². The molecule has 1 aliphatic rings. The summed E-state index contributed by atoms with van der Waals surface area (Å²) in [4.78, 5) is 27.1. The fourth-order valence-corrected chi connectivity index (χ4v) is 3.15. The zero-order valence-corrected chi connectivity index (χ0v) is 15.2. The Hall–Kier alpha value is -2.70. The second kappa shape index (κ2) is 8.12. The van der Waals surface area contributed by atoms with E-state index >= 15 is 0 Å². The number of carbonyl (C=O) groups excluding carboxylic acids is 1. The number of halogens is 1. The summed E-state index contributed by atoms with van der Waals surface area (Å²) < 4.78 is 14.0. The zero-order chi connectivity index (χ0) is 18.5. The molecule has 0 bridgehead atoms. The van der Waals surface area contributed by atoms with Crippen LogP contribution in [0.4, 0.5) is 16.0 Å². The molecule has 138 valence electrons. The SMILES string of the molecule is CCN(CC)C(=O)c1ccnc(N2CCN(c3ccccc3F)CC2)n1. The first-order chi connectivity index (χ1) is 12.6. The lowest BCUT2D eigenvalue weighted by Crippen LogP contribution is -2.47. The lowest BCUT2D eigenvalue weighted by molar-refractivity contribution is 0.0767. The summed E-state index contributed by atoms with van der Waals surface area (Å²) in [5.41, 5.74) is 1.04. The fraction of sp³-hybridized carbons (Fsp3) is 0.421. The third kappa shape index (κ3) is 3.76. The van der Waals surface area contributed by atoms with Crippen LogP contribution in [0.3, 0.4) is 0 Å². The Morgan fingerprint density at radius 1 is 1.08 bits per heavy atom. The average Bonchev–Trinajstić information content (AvgIpc) is 2.69. The van der Waals surface area contributed by atoms with Crippen LogP contribution in [-0.2, 0) is 0 Å². The molecule has 2 heterocycles. The van der Waals surface area contributed by atoms with Gasteiger partial charge in [-0.05, 0) is 32.0 Å². The van der Waals surface area contributed by atoms with E-state index in [1.54, 1.807) is 29.3 Å². The number of aromatic nitrogens is 2. The molecule has 1 amide bonds. The lowest BCUT2D eigenvalue weighted by Gasteiger charge is -2.36. The molecule has 7 heteroatoms. The lowest BCUT2D eigenvalue weighted by atomic mass is 10.2. The van der Waals surface area contributed by atoms with E-state index < -0.39 is 0 Å². The van der Waals surface area contributed by atoms with E-state index in [0.717, 1.165) is 0 Å². The number of hydrogen-bond donors (Lipinski definition) is 0. The van der Waals surface area contributed by atoms with Crippen molar-refractivity contribution in [3.63, 3.8) is 0 Å². The Morgan fingerprint density at radius 2 is 1.73 bits per heavy atom. The molecule has 1 fully saturated rings. The molecule has 26 heavy (non-hydrogen) atoms. The number of nitrogens with zero attached hydrogens (tertiary/aromatic N) is 5. The van der Waals surface area contributed by atoms with E-state index in [0.29, 0.717) is 56.6 Å². The predicted octanol–water partition coefficient (Wildman–Crippen LogP) is 2.42. The molecule has 0 atom stereocenters. The summed E-state index contributed by atoms with van der Waals surface area (Å²) in [5.74, 6) is 0.267. The number of carbonyl (C=O) groups is 1. The van der Waals surface area contributed by atoms with Crippen molar-refractivity contribution in [2.24, 2.45) is 0 Å². The van der Waals surface area contributed by atoms with E-state index in [9.17, 15) is 9.18 Å². The van der Waals surface area contributed by atoms with Crippen LogP contribution in [0.15, 0.2) is 36.5 Å². The summed E-state index contributed by atoms with van der Waals surface area (Å²) in [7, 11) is 0. The van der Waals surface area contributed by atoms with Crippen molar-refractivity contribution in [3.05, 3.63) is 48.0 Å². The van der Waals surface area contributed by atoms with Gasteiger partial charge in [-0.3, -0.25) is 4.79 Å². The van der Waals surface area contributed by atoms with Gasteiger partial charge in [0.05, 0.1) is 5.69 Å². The highest BCUT2D eigenvalue weighted by Crippen LogP contribution is 2.21. The Bertz CT molecular complexity index is 757. The van der Waals surface area contributed by atoms with Crippen LogP contribution in [0.25, 0.3) is 0 Å². The maximum Gasteiger partial charge on any atom is 0.272 e. The van der Waals surface area contributed by atoms with Crippen molar-refractivity contribution in [2.75, 3.05) is 49.1 Å². The summed E-state index contributed by atoms with van der Waals surface area (Å²) in [6, 6.07) is 8.47. The first-order valence-corrected chi connectivity index (χ1v) is 9.00. The number of amides is 1. The van der Waals surface area contributed by atoms with Crippen LogP contribution in [0, 0.1) is 5.82 Å². The number of para-hydroxylation sites is 1. The van der Waals surface area contributed by atoms with Gasteiger partial charge in [0.2, 0.25) is 5.95 Å². The summed E-state index contributed by atoms with van der Waals surface area (Å²) in [5, 5.41) is 0. The number of benzene rings is 1. The fourth-order valence-electron chi connectivity index (χ4n) is 3.15. The molecule has 2 aromatic rings. The molecular formula is C19H24FN5O. The molecule has 0 aliphatic carbocycles. The molecule has 0 spiro atoms. The molecule has 0 unspecified atom stereocenters. The van der Waals surface area contributed by atoms with Crippen molar-refractivity contribution in [1.82, 2.24) is 14.9 Å². The van der Waals surface area contributed by atoms with Crippen LogP contribution in [-0.4, -0.2) is 60.0 Å². The predicted molar refractivity (Wildman–Crippen MR) is 100 cm³/mol. The topological polar surface area (TPSA) is 52.6 Å². The van der Waals surface area contributed by atoms with Gasteiger partial charge in [0.15, 0.2) is 0 Å². The Morgan fingerprint density at radius 3 is 2.38 bits per heavy atom. The van der Waals surface area contributed by atoms with E-state index in [1.807, 2.05) is 29.7 Å². The third-order valence-corrected chi connectivity index (χ3v) is 4.67. The van der Waals surface area contributed by atoms with Crippen molar-refractivity contribution in [2.45, 2.75) is 13.8 Å². The number of anilines is 2. The second-order valence-electron chi connectivity index (χ2n) is 6.14. The normalized spacial score (nSPS) is 14.4. The van der Waals surface area contributed by atoms with Gasteiger partial charge in [0.1, 0.15) is 11.5 Å². The van der Waals surface area contributed by atoms with Gasteiger partial charge in [-0.2, -0.15) is 0 Å². The van der Waals surface area contributed by atoms with Gasteiger partial charge in [-0.25, -0.2) is 14.4 Å². The van der Waals surface area contributed by atoms with Gasteiger partial charge in [0.25, 0.3) is 5.91 Å². The van der Waals surface area contributed by atoms with Crippen molar-refractivity contribution in [3.8, 4) is 0 Å². The Labute approximate surface area is 153 Å². The van der Waals surface area contributed by atoms with E-state index in [-0.39, 0.29) is 11.7 Å².